The second-order valence-electron chi connectivity index (χ2n) is 5.80. The van der Waals surface area contributed by atoms with Gasteiger partial charge in [0.25, 0.3) is 0 Å². The standard InChI is InChI=1S/C20H13Br2N3O3/c1-27-17-9-14(21)18(22)13(19(17)26)10-24-12-2-3-16-15(8-12)25-20(28-16)11-4-6-23-7-5-11/h2-10,26H,1H3. The molecule has 0 spiro atoms. The smallest absolute Gasteiger partial charge is 0.227 e. The van der Waals surface area contributed by atoms with Crippen molar-refractivity contribution in [1.29, 1.82) is 0 Å². The third-order valence-corrected chi connectivity index (χ3v) is 6.07. The molecule has 2 aromatic heterocycles. The Balaban J connectivity index is 1.70. The normalized spacial score (nSPS) is 11.4. The van der Waals surface area contributed by atoms with Crippen LogP contribution in [0.1, 0.15) is 5.56 Å². The molecule has 0 aliphatic rings. The summed E-state index contributed by atoms with van der Waals surface area (Å²) in [5.41, 5.74) is 3.39. The summed E-state index contributed by atoms with van der Waals surface area (Å²) in [6, 6.07) is 10.8. The van der Waals surface area contributed by atoms with Crippen molar-refractivity contribution in [3.8, 4) is 23.0 Å². The van der Waals surface area contributed by atoms with Gasteiger partial charge in [0, 0.05) is 33.1 Å². The van der Waals surface area contributed by atoms with Gasteiger partial charge in [-0.3, -0.25) is 9.98 Å². The molecule has 4 aromatic rings. The molecule has 0 aliphatic carbocycles. The molecule has 2 heterocycles. The number of pyridine rings is 1. The summed E-state index contributed by atoms with van der Waals surface area (Å²) in [6.07, 6.45) is 4.95. The van der Waals surface area contributed by atoms with E-state index in [2.05, 4.69) is 46.8 Å². The van der Waals surface area contributed by atoms with Gasteiger partial charge in [-0.2, -0.15) is 0 Å². The number of oxazole rings is 1. The summed E-state index contributed by atoms with van der Waals surface area (Å²) in [6.45, 7) is 0. The molecule has 4 rings (SSSR count). The fraction of sp³-hybridized carbons (Fsp3) is 0.0500. The van der Waals surface area contributed by atoms with Gasteiger partial charge in [0.2, 0.25) is 5.89 Å². The molecule has 0 unspecified atom stereocenters. The van der Waals surface area contributed by atoms with Crippen LogP contribution in [-0.2, 0) is 0 Å². The van der Waals surface area contributed by atoms with Gasteiger partial charge >= 0.3 is 0 Å². The fourth-order valence-corrected chi connectivity index (χ4v) is 3.46. The van der Waals surface area contributed by atoms with Crippen LogP contribution < -0.4 is 4.74 Å². The Morgan fingerprint density at radius 1 is 1.14 bits per heavy atom. The fourth-order valence-electron chi connectivity index (χ4n) is 2.64. The Kier molecular flexibility index (Phi) is 5.15. The molecule has 0 saturated carbocycles. The van der Waals surface area contributed by atoms with Gasteiger partial charge in [-0.15, -0.1) is 0 Å². The van der Waals surface area contributed by atoms with Gasteiger partial charge in [0.15, 0.2) is 17.1 Å². The SMILES string of the molecule is COc1cc(Br)c(Br)c(C=Nc2ccc3oc(-c4ccncc4)nc3c2)c1O. The van der Waals surface area contributed by atoms with E-state index in [1.54, 1.807) is 24.7 Å². The van der Waals surface area contributed by atoms with Gasteiger partial charge in [-0.25, -0.2) is 4.98 Å². The zero-order valence-electron chi connectivity index (χ0n) is 14.6. The predicted octanol–water partition coefficient (Wildman–Crippen LogP) is 5.88. The molecule has 8 heteroatoms. The average Bonchev–Trinajstić information content (AvgIpc) is 3.15. The molecule has 1 N–H and O–H groups in total. The third-order valence-electron chi connectivity index (χ3n) is 4.05. The molecule has 0 fully saturated rings. The topological polar surface area (TPSA) is 80.7 Å². The Labute approximate surface area is 177 Å². The van der Waals surface area contributed by atoms with E-state index < -0.39 is 0 Å². The van der Waals surface area contributed by atoms with Crippen molar-refractivity contribution in [2.75, 3.05) is 7.11 Å². The van der Waals surface area contributed by atoms with E-state index in [1.807, 2.05) is 30.3 Å². The van der Waals surface area contributed by atoms with E-state index in [1.165, 1.54) is 7.11 Å². The highest BCUT2D eigenvalue weighted by Gasteiger charge is 2.14. The highest BCUT2D eigenvalue weighted by molar-refractivity contribution is 9.13. The van der Waals surface area contributed by atoms with Gasteiger partial charge < -0.3 is 14.3 Å². The number of ether oxygens (including phenoxy) is 1. The van der Waals surface area contributed by atoms with Crippen molar-refractivity contribution >= 4 is 54.9 Å². The van der Waals surface area contributed by atoms with E-state index in [0.29, 0.717) is 38.5 Å². The number of methoxy groups -OCH3 is 1. The quantitative estimate of drug-likeness (QED) is 0.352. The summed E-state index contributed by atoms with van der Waals surface area (Å²) in [5, 5.41) is 10.4. The zero-order valence-corrected chi connectivity index (χ0v) is 17.7. The summed E-state index contributed by atoms with van der Waals surface area (Å²) in [7, 11) is 1.50. The molecule has 0 saturated heterocycles. The lowest BCUT2D eigenvalue weighted by molar-refractivity contribution is 0.372. The number of rotatable bonds is 4. The maximum Gasteiger partial charge on any atom is 0.227 e. The summed E-state index contributed by atoms with van der Waals surface area (Å²) >= 11 is 6.88. The van der Waals surface area contributed by atoms with Crippen LogP contribution in [0.3, 0.4) is 0 Å². The van der Waals surface area contributed by atoms with Crippen LogP contribution in [0.4, 0.5) is 5.69 Å². The van der Waals surface area contributed by atoms with Crippen LogP contribution >= 0.6 is 31.9 Å². The van der Waals surface area contributed by atoms with Crippen molar-refractivity contribution in [2.24, 2.45) is 4.99 Å². The van der Waals surface area contributed by atoms with Gasteiger partial charge in [0.05, 0.1) is 18.4 Å². The molecule has 0 atom stereocenters. The van der Waals surface area contributed by atoms with E-state index >= 15 is 0 Å². The number of fused-ring (bicyclic) bond motifs is 1. The Morgan fingerprint density at radius 3 is 2.68 bits per heavy atom. The Bertz CT molecular complexity index is 1190. The first-order chi connectivity index (χ1) is 13.6. The minimum atomic E-state index is 0.00353. The monoisotopic (exact) mass is 501 g/mol. The number of aromatic nitrogens is 2. The number of hydrogen-bond acceptors (Lipinski definition) is 6. The number of phenolic OH excluding ortho intramolecular Hbond substituents is 1. The Morgan fingerprint density at radius 2 is 1.93 bits per heavy atom. The maximum absolute atomic E-state index is 10.4. The van der Waals surface area contributed by atoms with E-state index in [9.17, 15) is 5.11 Å². The summed E-state index contributed by atoms with van der Waals surface area (Å²) in [5.74, 6) is 0.880. The first kappa shape index (κ1) is 18.6. The number of halogens is 2. The van der Waals surface area contributed by atoms with Gasteiger partial charge in [0.1, 0.15) is 5.52 Å². The first-order valence-electron chi connectivity index (χ1n) is 8.17. The average molecular weight is 503 g/mol. The van der Waals surface area contributed by atoms with Gasteiger partial charge in [-0.05, 0) is 68.3 Å². The zero-order chi connectivity index (χ0) is 19.7. The molecule has 0 amide bonds. The van der Waals surface area contributed by atoms with Crippen molar-refractivity contribution in [1.82, 2.24) is 9.97 Å². The van der Waals surface area contributed by atoms with Crippen LogP contribution in [0.25, 0.3) is 22.6 Å². The Hall–Kier alpha value is -2.71. The lowest BCUT2D eigenvalue weighted by atomic mass is 10.2. The molecule has 2 aromatic carbocycles. The van der Waals surface area contributed by atoms with Gasteiger partial charge in [-0.1, -0.05) is 0 Å². The second-order valence-corrected chi connectivity index (χ2v) is 7.45. The summed E-state index contributed by atoms with van der Waals surface area (Å²) in [4.78, 5) is 13.0. The van der Waals surface area contributed by atoms with Crippen molar-refractivity contribution in [2.45, 2.75) is 0 Å². The molecular formula is C20H13Br2N3O3. The molecule has 28 heavy (non-hydrogen) atoms. The number of hydrogen-bond donors (Lipinski definition) is 1. The molecule has 140 valence electrons. The minimum Gasteiger partial charge on any atom is -0.504 e. The minimum absolute atomic E-state index is 0.00353. The first-order valence-corrected chi connectivity index (χ1v) is 9.75. The molecule has 0 aliphatic heterocycles. The van der Waals surface area contributed by atoms with E-state index in [0.717, 1.165) is 10.0 Å². The lowest BCUT2D eigenvalue weighted by Gasteiger charge is -2.09. The third kappa shape index (κ3) is 3.53. The van der Waals surface area contributed by atoms with Crippen molar-refractivity contribution < 1.29 is 14.3 Å². The number of nitrogens with zero attached hydrogens (tertiary/aromatic N) is 3. The largest absolute Gasteiger partial charge is 0.504 e. The molecule has 0 radical (unpaired) electrons. The number of aliphatic imine (C=N–C) groups is 1. The lowest BCUT2D eigenvalue weighted by Crippen LogP contribution is -1.91. The second kappa shape index (κ2) is 7.73. The van der Waals surface area contributed by atoms with Crippen LogP contribution in [-0.4, -0.2) is 28.4 Å². The maximum atomic E-state index is 10.4. The highest BCUT2D eigenvalue weighted by Crippen LogP contribution is 2.39. The molecular weight excluding hydrogens is 490 g/mol. The molecule has 0 bridgehead atoms. The van der Waals surface area contributed by atoms with Crippen LogP contribution in [0.15, 0.2) is 67.1 Å². The van der Waals surface area contributed by atoms with Crippen molar-refractivity contribution in [3.63, 3.8) is 0 Å². The van der Waals surface area contributed by atoms with Crippen LogP contribution in [0.5, 0.6) is 11.5 Å². The summed E-state index contributed by atoms with van der Waals surface area (Å²) < 4.78 is 12.4. The van der Waals surface area contributed by atoms with Crippen LogP contribution in [0, 0.1) is 0 Å². The highest BCUT2D eigenvalue weighted by atomic mass is 79.9. The number of aromatic hydroxyl groups is 1. The number of benzene rings is 2. The van der Waals surface area contributed by atoms with E-state index in [-0.39, 0.29) is 5.75 Å². The van der Waals surface area contributed by atoms with E-state index in [4.69, 9.17) is 9.15 Å². The molecule has 6 nitrogen and oxygen atoms in total. The van der Waals surface area contributed by atoms with Crippen molar-refractivity contribution in [3.05, 3.63) is 63.3 Å². The van der Waals surface area contributed by atoms with Crippen LogP contribution in [0.2, 0.25) is 0 Å². The predicted molar refractivity (Wildman–Crippen MR) is 115 cm³/mol. The number of phenols is 1.